The van der Waals surface area contributed by atoms with Gasteiger partial charge in [0.25, 0.3) is 0 Å². The molecule has 1 N–H and O–H groups in total. The van der Waals surface area contributed by atoms with E-state index in [4.69, 9.17) is 4.74 Å². The van der Waals surface area contributed by atoms with Gasteiger partial charge in [0.2, 0.25) is 0 Å². The molecule has 2 heteroatoms. The van der Waals surface area contributed by atoms with Crippen LogP contribution in [0, 0.1) is 0 Å². The molecule has 114 valence electrons. The standard InChI is InChI=1S/C19H27NO/c1-5-6-13-21-19-17(15(4)20-14(2)3)12-11-16-9-7-8-10-18(16)19/h7-12,14-15,20H,5-6,13H2,1-4H3. The molecule has 1 atom stereocenters. The van der Waals surface area contributed by atoms with Crippen LogP contribution in [0.5, 0.6) is 5.75 Å². The summed E-state index contributed by atoms with van der Waals surface area (Å²) in [6.45, 7) is 9.53. The van der Waals surface area contributed by atoms with Gasteiger partial charge in [-0.3, -0.25) is 0 Å². The van der Waals surface area contributed by atoms with Gasteiger partial charge in [0.1, 0.15) is 5.75 Å². The Labute approximate surface area is 128 Å². The van der Waals surface area contributed by atoms with Crippen molar-refractivity contribution in [2.75, 3.05) is 6.61 Å². The van der Waals surface area contributed by atoms with Gasteiger partial charge < -0.3 is 10.1 Å². The molecule has 0 spiro atoms. The fourth-order valence-electron chi connectivity index (χ4n) is 2.67. The predicted molar refractivity (Wildman–Crippen MR) is 91.0 cm³/mol. The van der Waals surface area contributed by atoms with E-state index in [-0.39, 0.29) is 6.04 Å². The molecule has 0 radical (unpaired) electrons. The number of rotatable bonds is 7. The van der Waals surface area contributed by atoms with Crippen molar-refractivity contribution in [1.82, 2.24) is 5.32 Å². The van der Waals surface area contributed by atoms with Crippen molar-refractivity contribution in [1.29, 1.82) is 0 Å². The minimum Gasteiger partial charge on any atom is -0.493 e. The molecule has 21 heavy (non-hydrogen) atoms. The predicted octanol–water partition coefficient (Wildman–Crippen LogP) is 5.08. The second-order valence-corrected chi connectivity index (χ2v) is 5.95. The summed E-state index contributed by atoms with van der Waals surface area (Å²) in [6.07, 6.45) is 2.24. The van der Waals surface area contributed by atoms with Gasteiger partial charge in [-0.05, 0) is 18.7 Å². The highest BCUT2D eigenvalue weighted by atomic mass is 16.5. The lowest BCUT2D eigenvalue weighted by Gasteiger charge is -2.22. The number of hydrogen-bond acceptors (Lipinski definition) is 2. The smallest absolute Gasteiger partial charge is 0.131 e. The van der Waals surface area contributed by atoms with Crippen molar-refractivity contribution in [3.05, 3.63) is 42.0 Å². The second kappa shape index (κ2) is 7.46. The van der Waals surface area contributed by atoms with Crippen LogP contribution < -0.4 is 10.1 Å². The van der Waals surface area contributed by atoms with Gasteiger partial charge in [0.15, 0.2) is 0 Å². The topological polar surface area (TPSA) is 21.3 Å². The zero-order valence-corrected chi connectivity index (χ0v) is 13.6. The van der Waals surface area contributed by atoms with Crippen molar-refractivity contribution >= 4 is 10.8 Å². The molecule has 0 amide bonds. The zero-order chi connectivity index (χ0) is 15.2. The molecule has 2 aromatic carbocycles. The first-order valence-electron chi connectivity index (χ1n) is 8.04. The first-order valence-corrected chi connectivity index (χ1v) is 8.04. The third-order valence-corrected chi connectivity index (χ3v) is 3.70. The largest absolute Gasteiger partial charge is 0.493 e. The summed E-state index contributed by atoms with van der Waals surface area (Å²) in [7, 11) is 0. The van der Waals surface area contributed by atoms with E-state index in [0.717, 1.165) is 25.2 Å². The number of nitrogens with one attached hydrogen (secondary N) is 1. The SMILES string of the molecule is CCCCOc1c(C(C)NC(C)C)ccc2ccccc12. The zero-order valence-electron chi connectivity index (χ0n) is 13.6. The summed E-state index contributed by atoms with van der Waals surface area (Å²) in [6, 6.07) is 13.6. The Kier molecular flexibility index (Phi) is 5.63. The number of hydrogen-bond donors (Lipinski definition) is 1. The van der Waals surface area contributed by atoms with Crippen LogP contribution in [-0.4, -0.2) is 12.6 Å². The van der Waals surface area contributed by atoms with E-state index in [9.17, 15) is 0 Å². The molecule has 0 aliphatic rings. The molecule has 0 aliphatic heterocycles. The molecule has 0 heterocycles. The molecule has 0 bridgehead atoms. The Morgan fingerprint density at radius 3 is 2.52 bits per heavy atom. The lowest BCUT2D eigenvalue weighted by atomic mass is 10.0. The molecular formula is C19H27NO. The van der Waals surface area contributed by atoms with Crippen molar-refractivity contribution < 1.29 is 4.74 Å². The van der Waals surface area contributed by atoms with E-state index in [1.165, 1.54) is 16.3 Å². The summed E-state index contributed by atoms with van der Waals surface area (Å²) < 4.78 is 6.15. The lowest BCUT2D eigenvalue weighted by Crippen LogP contribution is -2.26. The van der Waals surface area contributed by atoms with E-state index in [0.29, 0.717) is 6.04 Å². The van der Waals surface area contributed by atoms with Gasteiger partial charge in [-0.25, -0.2) is 0 Å². The van der Waals surface area contributed by atoms with Crippen LogP contribution in [-0.2, 0) is 0 Å². The first-order chi connectivity index (χ1) is 10.1. The fraction of sp³-hybridized carbons (Fsp3) is 0.474. The van der Waals surface area contributed by atoms with Crippen molar-refractivity contribution in [2.24, 2.45) is 0 Å². The number of ether oxygens (including phenoxy) is 1. The molecule has 0 saturated heterocycles. The van der Waals surface area contributed by atoms with Crippen molar-refractivity contribution in [2.45, 2.75) is 52.6 Å². The van der Waals surface area contributed by atoms with Gasteiger partial charge in [0.05, 0.1) is 6.61 Å². The Morgan fingerprint density at radius 2 is 1.81 bits per heavy atom. The highest BCUT2D eigenvalue weighted by Gasteiger charge is 2.15. The quantitative estimate of drug-likeness (QED) is 0.716. The van der Waals surface area contributed by atoms with Gasteiger partial charge in [-0.15, -0.1) is 0 Å². The molecule has 1 unspecified atom stereocenters. The van der Waals surface area contributed by atoms with Gasteiger partial charge >= 0.3 is 0 Å². The molecule has 2 rings (SSSR count). The molecule has 0 saturated carbocycles. The van der Waals surface area contributed by atoms with E-state index >= 15 is 0 Å². The molecular weight excluding hydrogens is 258 g/mol. The van der Waals surface area contributed by atoms with Crippen LogP contribution in [0.1, 0.15) is 52.1 Å². The minimum absolute atomic E-state index is 0.284. The Hall–Kier alpha value is -1.54. The van der Waals surface area contributed by atoms with Crippen LogP contribution in [0.25, 0.3) is 10.8 Å². The van der Waals surface area contributed by atoms with Crippen LogP contribution in [0.2, 0.25) is 0 Å². The van der Waals surface area contributed by atoms with Gasteiger partial charge in [-0.2, -0.15) is 0 Å². The van der Waals surface area contributed by atoms with E-state index in [1.54, 1.807) is 0 Å². The fourth-order valence-corrected chi connectivity index (χ4v) is 2.67. The summed E-state index contributed by atoms with van der Waals surface area (Å²) in [4.78, 5) is 0. The second-order valence-electron chi connectivity index (χ2n) is 5.95. The summed E-state index contributed by atoms with van der Waals surface area (Å²) in [5.41, 5.74) is 1.25. The average Bonchev–Trinajstić information content (AvgIpc) is 2.46. The molecule has 0 aromatic heterocycles. The molecule has 0 aliphatic carbocycles. The Balaban J connectivity index is 2.40. The maximum Gasteiger partial charge on any atom is 0.131 e. The maximum absolute atomic E-state index is 6.15. The van der Waals surface area contributed by atoms with Crippen molar-refractivity contribution in [3.63, 3.8) is 0 Å². The minimum atomic E-state index is 0.284. The first kappa shape index (κ1) is 15.8. The van der Waals surface area contributed by atoms with Gasteiger partial charge in [-0.1, -0.05) is 63.6 Å². The van der Waals surface area contributed by atoms with Crippen LogP contribution in [0.3, 0.4) is 0 Å². The van der Waals surface area contributed by atoms with Crippen LogP contribution in [0.4, 0.5) is 0 Å². The number of unbranched alkanes of at least 4 members (excludes halogenated alkanes) is 1. The third kappa shape index (κ3) is 3.98. The Morgan fingerprint density at radius 1 is 1.05 bits per heavy atom. The number of fused-ring (bicyclic) bond motifs is 1. The van der Waals surface area contributed by atoms with E-state index < -0.39 is 0 Å². The molecule has 2 nitrogen and oxygen atoms in total. The Bertz CT molecular complexity index is 577. The van der Waals surface area contributed by atoms with E-state index in [2.05, 4.69) is 69.4 Å². The summed E-state index contributed by atoms with van der Waals surface area (Å²) >= 11 is 0. The summed E-state index contributed by atoms with van der Waals surface area (Å²) in [5, 5.41) is 6.03. The van der Waals surface area contributed by atoms with Crippen LogP contribution >= 0.6 is 0 Å². The van der Waals surface area contributed by atoms with Crippen LogP contribution in [0.15, 0.2) is 36.4 Å². The third-order valence-electron chi connectivity index (χ3n) is 3.70. The summed E-state index contributed by atoms with van der Waals surface area (Å²) in [5.74, 6) is 1.04. The van der Waals surface area contributed by atoms with Gasteiger partial charge in [0, 0.05) is 23.0 Å². The normalized spacial score (nSPS) is 12.8. The molecule has 0 fully saturated rings. The highest BCUT2D eigenvalue weighted by Crippen LogP contribution is 2.34. The number of benzene rings is 2. The highest BCUT2D eigenvalue weighted by molar-refractivity contribution is 5.89. The monoisotopic (exact) mass is 285 g/mol. The average molecular weight is 285 g/mol. The molecule has 2 aromatic rings. The van der Waals surface area contributed by atoms with Crippen molar-refractivity contribution in [3.8, 4) is 5.75 Å². The lowest BCUT2D eigenvalue weighted by molar-refractivity contribution is 0.306. The van der Waals surface area contributed by atoms with E-state index in [1.807, 2.05) is 0 Å². The maximum atomic E-state index is 6.15.